The maximum Gasteiger partial charge on any atom is 0.261 e. The minimum absolute atomic E-state index is 0.0226. The molecule has 6 aromatic rings. The molecule has 0 spiro atoms. The third-order valence-corrected chi connectivity index (χ3v) is 7.88. The van der Waals surface area contributed by atoms with Gasteiger partial charge in [-0.3, -0.25) is 38.3 Å². The number of nitrogens with zero attached hydrogens (tertiary/aromatic N) is 5. The molecule has 0 aliphatic carbocycles. The molecule has 5 aromatic heterocycles. The van der Waals surface area contributed by atoms with Crippen molar-refractivity contribution in [3.8, 4) is 22.8 Å². The molecule has 0 unspecified atom stereocenters. The van der Waals surface area contributed by atoms with E-state index in [4.69, 9.17) is 4.98 Å². The van der Waals surface area contributed by atoms with E-state index >= 15 is 0 Å². The van der Waals surface area contributed by atoms with Crippen LogP contribution < -0.4 is 22.2 Å². The van der Waals surface area contributed by atoms with Gasteiger partial charge in [0.25, 0.3) is 22.2 Å². The van der Waals surface area contributed by atoms with E-state index in [1.54, 1.807) is 24.5 Å². The Labute approximate surface area is 246 Å². The zero-order valence-electron chi connectivity index (χ0n) is 24.0. The van der Waals surface area contributed by atoms with Crippen molar-refractivity contribution >= 4 is 21.5 Å². The van der Waals surface area contributed by atoms with Gasteiger partial charge in [0, 0.05) is 18.9 Å². The molecular weight excluding hydrogens is 542 g/mol. The van der Waals surface area contributed by atoms with Gasteiger partial charge in [-0.2, -0.15) is 0 Å². The third-order valence-electron chi connectivity index (χ3n) is 7.88. The van der Waals surface area contributed by atoms with E-state index in [-0.39, 0.29) is 28.1 Å². The van der Waals surface area contributed by atoms with Crippen molar-refractivity contribution in [3.63, 3.8) is 0 Å². The van der Waals surface area contributed by atoms with E-state index in [2.05, 4.69) is 16.9 Å². The van der Waals surface area contributed by atoms with Crippen molar-refractivity contribution in [1.29, 1.82) is 0 Å². The highest BCUT2D eigenvalue weighted by Gasteiger charge is 2.20. The second-order valence-electron chi connectivity index (χ2n) is 10.8. The lowest BCUT2D eigenvalue weighted by Gasteiger charge is -2.09. The molecule has 0 amide bonds. The Morgan fingerprint density at radius 1 is 0.558 bits per heavy atom. The molecule has 0 aliphatic rings. The molecule has 5 heterocycles. The van der Waals surface area contributed by atoms with Crippen molar-refractivity contribution in [3.05, 3.63) is 120 Å². The number of fused-ring (bicyclic) bond motifs is 2. The maximum atomic E-state index is 13.5. The van der Waals surface area contributed by atoms with E-state index in [1.165, 1.54) is 23.1 Å². The van der Waals surface area contributed by atoms with Crippen LogP contribution in [0.5, 0.6) is 0 Å². The highest BCUT2D eigenvalue weighted by molar-refractivity contribution is 5.97. The average Bonchev–Trinajstić information content (AvgIpc) is 3.42. The second kappa shape index (κ2) is 12.1. The fourth-order valence-corrected chi connectivity index (χ4v) is 5.62. The van der Waals surface area contributed by atoms with Crippen LogP contribution in [0.15, 0.2) is 92.2 Å². The summed E-state index contributed by atoms with van der Waals surface area (Å²) in [5.41, 5.74) is 1.27. The molecular formula is C34H31N5O4. The Hall–Kier alpha value is -5.05. The van der Waals surface area contributed by atoms with Crippen molar-refractivity contribution in [2.45, 2.75) is 58.5 Å². The Morgan fingerprint density at radius 3 is 1.53 bits per heavy atom. The number of rotatable bonds is 11. The lowest BCUT2D eigenvalue weighted by molar-refractivity contribution is 0.547. The first-order valence-electron chi connectivity index (χ1n) is 14.7. The summed E-state index contributed by atoms with van der Waals surface area (Å²) in [7, 11) is 0. The summed E-state index contributed by atoms with van der Waals surface area (Å²) in [5, 5.41) is 0.624. The number of benzene rings is 1. The maximum absolute atomic E-state index is 13.5. The summed E-state index contributed by atoms with van der Waals surface area (Å²) < 4.78 is 2.38. The first kappa shape index (κ1) is 28.1. The minimum Gasteiger partial charge on any atom is -0.274 e. The Bertz CT molecular complexity index is 1990. The summed E-state index contributed by atoms with van der Waals surface area (Å²) in [4.78, 5) is 67.0. The van der Waals surface area contributed by atoms with E-state index in [0.29, 0.717) is 34.9 Å². The topological polar surface area (TPSA) is 117 Å². The van der Waals surface area contributed by atoms with Gasteiger partial charge < -0.3 is 0 Å². The number of pyridine rings is 3. The molecule has 0 aliphatic heterocycles. The Balaban J connectivity index is 1.38. The van der Waals surface area contributed by atoms with Gasteiger partial charge in [-0.15, -0.1) is 0 Å². The molecule has 0 fully saturated rings. The third kappa shape index (κ3) is 5.46. The van der Waals surface area contributed by atoms with Crippen LogP contribution >= 0.6 is 0 Å². The summed E-state index contributed by atoms with van der Waals surface area (Å²) in [6, 6.07) is 17.4. The zero-order valence-corrected chi connectivity index (χ0v) is 24.0. The van der Waals surface area contributed by atoms with Crippen molar-refractivity contribution in [2.24, 2.45) is 0 Å². The standard InChI is InChI=1S/C34H31N5O4/c1-2-3-4-5-6-11-16-38-31(40)23-19-25-26(20-24(23)32(38)41)34(43)39(33(25)42)21-22-17-29(27-12-7-9-14-35-27)37-30(18-22)28-13-8-10-15-36-28/h7-10,12-15,17-20H,2-6,11,16,21H2,1H3. The highest BCUT2D eigenvalue weighted by atomic mass is 16.2. The number of hydrogen-bond acceptors (Lipinski definition) is 7. The lowest BCUT2D eigenvalue weighted by atomic mass is 10.1. The minimum atomic E-state index is -0.506. The zero-order chi connectivity index (χ0) is 29.9. The molecule has 216 valence electrons. The molecule has 0 radical (unpaired) electrons. The van der Waals surface area contributed by atoms with E-state index in [1.807, 2.05) is 36.4 Å². The lowest BCUT2D eigenvalue weighted by Crippen LogP contribution is -2.26. The smallest absolute Gasteiger partial charge is 0.261 e. The van der Waals surface area contributed by atoms with Gasteiger partial charge >= 0.3 is 0 Å². The summed E-state index contributed by atoms with van der Waals surface area (Å²) in [5.74, 6) is 0. The van der Waals surface area contributed by atoms with E-state index < -0.39 is 22.2 Å². The van der Waals surface area contributed by atoms with Crippen molar-refractivity contribution in [1.82, 2.24) is 24.1 Å². The summed E-state index contributed by atoms with van der Waals surface area (Å²) in [6.07, 6.45) is 9.54. The Morgan fingerprint density at radius 2 is 1.05 bits per heavy atom. The quantitative estimate of drug-likeness (QED) is 0.204. The van der Waals surface area contributed by atoms with Crippen molar-refractivity contribution in [2.75, 3.05) is 0 Å². The molecule has 9 heteroatoms. The number of unbranched alkanes of at least 4 members (excludes halogenated alkanes) is 5. The molecule has 0 N–H and O–H groups in total. The summed E-state index contributed by atoms with van der Waals surface area (Å²) >= 11 is 0. The van der Waals surface area contributed by atoms with Crippen LogP contribution in [0.3, 0.4) is 0 Å². The normalized spacial score (nSPS) is 11.6. The molecule has 6 rings (SSSR count). The SMILES string of the molecule is CCCCCCCCn1c(=O)c2cc3c(=O)n(Cc4cc(-c5ccccn5)nc(-c5ccccn5)c4)c(=O)c3cc2c1=O. The van der Waals surface area contributed by atoms with Crippen LogP contribution in [-0.2, 0) is 13.1 Å². The highest BCUT2D eigenvalue weighted by Crippen LogP contribution is 2.23. The van der Waals surface area contributed by atoms with Crippen molar-refractivity contribution < 1.29 is 0 Å². The van der Waals surface area contributed by atoms with Gasteiger partial charge in [-0.1, -0.05) is 51.2 Å². The molecule has 0 bridgehead atoms. The van der Waals surface area contributed by atoms with E-state index in [0.717, 1.165) is 36.7 Å². The second-order valence-corrected chi connectivity index (χ2v) is 10.8. The summed E-state index contributed by atoms with van der Waals surface area (Å²) in [6.45, 7) is 2.46. The number of hydrogen-bond donors (Lipinski definition) is 0. The average molecular weight is 574 g/mol. The predicted octanol–water partition coefficient (Wildman–Crippen LogP) is 4.84. The first-order valence-corrected chi connectivity index (χ1v) is 14.7. The van der Waals surface area contributed by atoms with Gasteiger partial charge in [-0.25, -0.2) is 4.98 Å². The monoisotopic (exact) mass is 573 g/mol. The number of aromatic nitrogens is 5. The molecule has 1 aromatic carbocycles. The fraction of sp³-hybridized carbons (Fsp3) is 0.265. The van der Waals surface area contributed by atoms with Gasteiger partial charge in [0.1, 0.15) is 0 Å². The van der Waals surface area contributed by atoms with Gasteiger partial charge in [0.05, 0.1) is 50.9 Å². The van der Waals surface area contributed by atoms with Gasteiger partial charge in [-0.05, 0) is 60.5 Å². The predicted molar refractivity (Wildman–Crippen MR) is 168 cm³/mol. The fourth-order valence-electron chi connectivity index (χ4n) is 5.62. The molecule has 0 saturated heterocycles. The first-order chi connectivity index (χ1) is 21.0. The van der Waals surface area contributed by atoms with Crippen LogP contribution in [0.4, 0.5) is 0 Å². The molecule has 0 atom stereocenters. The molecule has 0 saturated carbocycles. The largest absolute Gasteiger partial charge is 0.274 e. The van der Waals surface area contributed by atoms with Gasteiger partial charge in [0.2, 0.25) is 0 Å². The Kier molecular flexibility index (Phi) is 7.87. The molecule has 9 nitrogen and oxygen atoms in total. The van der Waals surface area contributed by atoms with Crippen LogP contribution in [0.1, 0.15) is 51.0 Å². The van der Waals surface area contributed by atoms with E-state index in [9.17, 15) is 19.2 Å². The van der Waals surface area contributed by atoms with Crippen LogP contribution in [0, 0.1) is 0 Å². The van der Waals surface area contributed by atoms with Crippen LogP contribution in [0.25, 0.3) is 44.3 Å². The molecule has 43 heavy (non-hydrogen) atoms. The van der Waals surface area contributed by atoms with Crippen LogP contribution in [0.2, 0.25) is 0 Å². The van der Waals surface area contributed by atoms with Crippen LogP contribution in [-0.4, -0.2) is 24.1 Å². The van der Waals surface area contributed by atoms with Gasteiger partial charge in [0.15, 0.2) is 0 Å².